The number of hydrogen-bond acceptors (Lipinski definition) is 3. The summed E-state index contributed by atoms with van der Waals surface area (Å²) < 4.78 is 5.01. The Hall–Kier alpha value is -0.770. The van der Waals surface area contributed by atoms with Crippen molar-refractivity contribution in [3.63, 3.8) is 0 Å². The highest BCUT2D eigenvalue weighted by molar-refractivity contribution is 5.67. The molecule has 0 spiro atoms. The van der Waals surface area contributed by atoms with Crippen LogP contribution in [-0.2, 0) is 4.74 Å². The third-order valence-corrected chi connectivity index (χ3v) is 1.95. The van der Waals surface area contributed by atoms with Crippen molar-refractivity contribution in [3.8, 4) is 0 Å². The zero-order valence-corrected chi connectivity index (χ0v) is 10.3. The second-order valence-electron chi connectivity index (χ2n) is 4.82. The van der Waals surface area contributed by atoms with Crippen LogP contribution in [0, 0.1) is 0 Å². The van der Waals surface area contributed by atoms with Crippen molar-refractivity contribution in [2.24, 2.45) is 5.73 Å². The molecule has 0 aromatic rings. The van der Waals surface area contributed by atoms with E-state index in [9.17, 15) is 4.79 Å². The number of ether oxygens (including phenoxy) is 1. The van der Waals surface area contributed by atoms with Crippen molar-refractivity contribution in [1.82, 2.24) is 5.32 Å². The molecule has 0 fully saturated rings. The standard InChI is InChI=1S/C11H24N2O2/c1-5-9(12)7-6-8-15-10(14)13-11(2,3)4/h9H,5-8,12H2,1-4H3,(H,13,14). The van der Waals surface area contributed by atoms with Crippen LogP contribution < -0.4 is 11.1 Å². The molecule has 4 nitrogen and oxygen atoms in total. The second kappa shape index (κ2) is 6.67. The van der Waals surface area contributed by atoms with Crippen LogP contribution in [0.1, 0.15) is 47.0 Å². The van der Waals surface area contributed by atoms with Gasteiger partial charge in [-0.05, 0) is 40.0 Å². The number of nitrogens with one attached hydrogen (secondary N) is 1. The highest BCUT2D eigenvalue weighted by Crippen LogP contribution is 2.01. The van der Waals surface area contributed by atoms with Gasteiger partial charge in [-0.15, -0.1) is 0 Å². The number of amides is 1. The maximum atomic E-state index is 11.2. The summed E-state index contributed by atoms with van der Waals surface area (Å²) >= 11 is 0. The van der Waals surface area contributed by atoms with E-state index in [-0.39, 0.29) is 17.7 Å². The van der Waals surface area contributed by atoms with E-state index in [1.807, 2.05) is 20.8 Å². The summed E-state index contributed by atoms with van der Waals surface area (Å²) in [7, 11) is 0. The number of carbonyl (C=O) groups is 1. The molecule has 0 saturated carbocycles. The van der Waals surface area contributed by atoms with Crippen LogP contribution in [0.2, 0.25) is 0 Å². The second-order valence-corrected chi connectivity index (χ2v) is 4.82. The van der Waals surface area contributed by atoms with Crippen LogP contribution >= 0.6 is 0 Å². The minimum atomic E-state index is -0.354. The van der Waals surface area contributed by atoms with Crippen LogP contribution in [0.15, 0.2) is 0 Å². The molecular formula is C11H24N2O2. The van der Waals surface area contributed by atoms with Crippen molar-refractivity contribution in [2.45, 2.75) is 58.5 Å². The normalized spacial score (nSPS) is 13.4. The SMILES string of the molecule is CCC(N)CCCOC(=O)NC(C)(C)C. The van der Waals surface area contributed by atoms with Crippen LogP contribution in [0.25, 0.3) is 0 Å². The topological polar surface area (TPSA) is 64.3 Å². The first-order valence-electron chi connectivity index (χ1n) is 5.55. The summed E-state index contributed by atoms with van der Waals surface area (Å²) in [6.45, 7) is 8.25. The first kappa shape index (κ1) is 14.2. The van der Waals surface area contributed by atoms with Gasteiger partial charge in [-0.1, -0.05) is 6.92 Å². The highest BCUT2D eigenvalue weighted by Gasteiger charge is 2.14. The zero-order valence-electron chi connectivity index (χ0n) is 10.3. The Bertz CT molecular complexity index is 188. The minimum absolute atomic E-state index is 0.222. The van der Waals surface area contributed by atoms with Gasteiger partial charge in [0.1, 0.15) is 0 Å². The minimum Gasteiger partial charge on any atom is -0.450 e. The predicted molar refractivity (Wildman–Crippen MR) is 61.7 cm³/mol. The van der Waals surface area contributed by atoms with Crippen molar-refractivity contribution in [2.75, 3.05) is 6.61 Å². The van der Waals surface area contributed by atoms with E-state index in [0.717, 1.165) is 19.3 Å². The summed E-state index contributed by atoms with van der Waals surface area (Å²) in [5, 5.41) is 2.73. The van der Waals surface area contributed by atoms with E-state index in [1.165, 1.54) is 0 Å². The van der Waals surface area contributed by atoms with Crippen LogP contribution in [0.5, 0.6) is 0 Å². The molecule has 15 heavy (non-hydrogen) atoms. The number of carbonyl (C=O) groups excluding carboxylic acids is 1. The maximum absolute atomic E-state index is 11.2. The number of alkyl carbamates (subject to hydrolysis) is 1. The lowest BCUT2D eigenvalue weighted by molar-refractivity contribution is 0.135. The van der Waals surface area contributed by atoms with Gasteiger partial charge in [-0.2, -0.15) is 0 Å². The monoisotopic (exact) mass is 216 g/mol. The van der Waals surface area contributed by atoms with Crippen molar-refractivity contribution >= 4 is 6.09 Å². The molecule has 0 aromatic heterocycles. The molecule has 0 aliphatic heterocycles. The molecular weight excluding hydrogens is 192 g/mol. The Kier molecular flexibility index (Phi) is 6.32. The number of nitrogens with two attached hydrogens (primary N) is 1. The summed E-state index contributed by atoms with van der Waals surface area (Å²) in [6, 6.07) is 0.222. The molecule has 1 unspecified atom stereocenters. The molecule has 4 heteroatoms. The highest BCUT2D eigenvalue weighted by atomic mass is 16.5. The molecule has 90 valence electrons. The van der Waals surface area contributed by atoms with Gasteiger partial charge < -0.3 is 15.8 Å². The lowest BCUT2D eigenvalue weighted by Gasteiger charge is -2.20. The van der Waals surface area contributed by atoms with Gasteiger partial charge >= 0.3 is 6.09 Å². The van der Waals surface area contributed by atoms with E-state index in [1.54, 1.807) is 0 Å². The quantitative estimate of drug-likeness (QED) is 0.691. The first-order chi connectivity index (χ1) is 6.85. The van der Waals surface area contributed by atoms with Crippen LogP contribution in [-0.4, -0.2) is 24.3 Å². The molecule has 3 N–H and O–H groups in total. The average molecular weight is 216 g/mol. The molecule has 1 atom stereocenters. The molecule has 0 aromatic carbocycles. The van der Waals surface area contributed by atoms with E-state index in [2.05, 4.69) is 12.2 Å². The Balaban J connectivity index is 3.48. The Morgan fingerprint density at radius 2 is 2.07 bits per heavy atom. The third-order valence-electron chi connectivity index (χ3n) is 1.95. The maximum Gasteiger partial charge on any atom is 0.407 e. The Labute approximate surface area is 92.6 Å². The van der Waals surface area contributed by atoms with Gasteiger partial charge in [0.25, 0.3) is 0 Å². The fourth-order valence-corrected chi connectivity index (χ4v) is 1.06. The van der Waals surface area contributed by atoms with Gasteiger partial charge in [0.05, 0.1) is 6.61 Å². The predicted octanol–water partition coefficient (Wildman–Crippen LogP) is 2.03. The van der Waals surface area contributed by atoms with E-state index >= 15 is 0 Å². The lowest BCUT2D eigenvalue weighted by atomic mass is 10.1. The Morgan fingerprint density at radius 3 is 2.53 bits per heavy atom. The van der Waals surface area contributed by atoms with Gasteiger partial charge in [0, 0.05) is 11.6 Å². The number of rotatable bonds is 5. The molecule has 0 saturated heterocycles. The molecule has 1 amide bonds. The van der Waals surface area contributed by atoms with Crippen molar-refractivity contribution in [3.05, 3.63) is 0 Å². The van der Waals surface area contributed by atoms with E-state index < -0.39 is 0 Å². The fourth-order valence-electron chi connectivity index (χ4n) is 1.06. The van der Waals surface area contributed by atoms with Gasteiger partial charge in [0.2, 0.25) is 0 Å². The van der Waals surface area contributed by atoms with Crippen LogP contribution in [0.3, 0.4) is 0 Å². The summed E-state index contributed by atoms with van der Waals surface area (Å²) in [5.74, 6) is 0. The molecule has 0 aliphatic rings. The smallest absolute Gasteiger partial charge is 0.407 e. The third kappa shape index (κ3) is 9.53. The molecule has 0 heterocycles. The molecule has 0 rings (SSSR count). The lowest BCUT2D eigenvalue weighted by Crippen LogP contribution is -2.41. The largest absolute Gasteiger partial charge is 0.450 e. The van der Waals surface area contributed by atoms with Crippen molar-refractivity contribution < 1.29 is 9.53 Å². The molecule has 0 bridgehead atoms. The van der Waals surface area contributed by atoms with Crippen LogP contribution in [0.4, 0.5) is 4.79 Å². The summed E-state index contributed by atoms with van der Waals surface area (Å²) in [4.78, 5) is 11.2. The summed E-state index contributed by atoms with van der Waals surface area (Å²) in [6.07, 6.45) is 2.34. The van der Waals surface area contributed by atoms with Gasteiger partial charge in [-0.3, -0.25) is 0 Å². The van der Waals surface area contributed by atoms with Gasteiger partial charge in [-0.25, -0.2) is 4.79 Å². The summed E-state index contributed by atoms with van der Waals surface area (Å²) in [5.41, 5.74) is 5.50. The van der Waals surface area contributed by atoms with Crippen molar-refractivity contribution in [1.29, 1.82) is 0 Å². The van der Waals surface area contributed by atoms with E-state index in [4.69, 9.17) is 10.5 Å². The fraction of sp³-hybridized carbons (Fsp3) is 0.909. The Morgan fingerprint density at radius 1 is 1.47 bits per heavy atom. The molecule has 0 radical (unpaired) electrons. The first-order valence-corrected chi connectivity index (χ1v) is 5.55. The van der Waals surface area contributed by atoms with E-state index in [0.29, 0.717) is 6.61 Å². The zero-order chi connectivity index (χ0) is 11.9. The molecule has 0 aliphatic carbocycles. The average Bonchev–Trinajstić information content (AvgIpc) is 2.09. The van der Waals surface area contributed by atoms with Gasteiger partial charge in [0.15, 0.2) is 0 Å². The number of hydrogen-bond donors (Lipinski definition) is 2.